The Bertz CT molecular complexity index is 432. The molecule has 3 N–H and O–H groups in total. The lowest BCUT2D eigenvalue weighted by Gasteiger charge is -2.17. The van der Waals surface area contributed by atoms with E-state index in [-0.39, 0.29) is 0 Å². The van der Waals surface area contributed by atoms with Crippen LogP contribution in [0.4, 0.5) is 0 Å². The maximum Gasteiger partial charge on any atom is 0.125 e. The van der Waals surface area contributed by atoms with Gasteiger partial charge < -0.3 is 4.74 Å². The van der Waals surface area contributed by atoms with Gasteiger partial charge in [-0.2, -0.15) is 0 Å². The van der Waals surface area contributed by atoms with Crippen LogP contribution in [-0.2, 0) is 12.8 Å². The predicted molar refractivity (Wildman–Crippen MR) is 70.9 cm³/mol. The average Bonchev–Trinajstić information content (AvgIpc) is 3.04. The molecule has 1 atom stereocenters. The lowest BCUT2D eigenvalue weighted by Crippen LogP contribution is -2.38. The van der Waals surface area contributed by atoms with Crippen LogP contribution < -0.4 is 16.0 Å². The van der Waals surface area contributed by atoms with Crippen molar-refractivity contribution >= 4 is 15.9 Å². The van der Waals surface area contributed by atoms with Crippen LogP contribution in [0, 0.1) is 5.92 Å². The van der Waals surface area contributed by atoms with Crippen LogP contribution in [0.25, 0.3) is 0 Å². The van der Waals surface area contributed by atoms with Crippen LogP contribution in [0.3, 0.4) is 0 Å². The Morgan fingerprint density at radius 2 is 2.29 bits per heavy atom. The second-order valence-corrected chi connectivity index (χ2v) is 5.88. The van der Waals surface area contributed by atoms with Crippen molar-refractivity contribution in [2.75, 3.05) is 6.61 Å². The number of nitrogens with one attached hydrogen (secondary N) is 1. The minimum absolute atomic E-state index is 0.387. The largest absolute Gasteiger partial charge is 0.493 e. The van der Waals surface area contributed by atoms with Crippen molar-refractivity contribution in [3.05, 3.63) is 27.7 Å². The smallest absolute Gasteiger partial charge is 0.125 e. The summed E-state index contributed by atoms with van der Waals surface area (Å²) >= 11 is 3.57. The van der Waals surface area contributed by atoms with Crippen LogP contribution in [-0.4, -0.2) is 12.6 Å². The molecule has 3 nitrogen and oxygen atoms in total. The van der Waals surface area contributed by atoms with E-state index < -0.39 is 0 Å². The van der Waals surface area contributed by atoms with Crippen molar-refractivity contribution in [3.63, 3.8) is 0 Å². The van der Waals surface area contributed by atoms with Crippen molar-refractivity contribution in [2.45, 2.75) is 31.7 Å². The molecule has 1 aliphatic heterocycles. The first-order valence-corrected chi connectivity index (χ1v) is 6.97. The zero-order valence-corrected chi connectivity index (χ0v) is 11.3. The zero-order valence-electron chi connectivity index (χ0n) is 9.71. The van der Waals surface area contributed by atoms with Gasteiger partial charge in [-0.25, -0.2) is 0 Å². The molecule has 0 spiro atoms. The van der Waals surface area contributed by atoms with Gasteiger partial charge >= 0.3 is 0 Å². The standard InChI is InChI=1S/C13H17BrN2O/c14-11-5-9-3-4-17-13(9)10(6-11)7-12(16-15)8-1-2-8/h5-6,8,12,16H,1-4,7,15H2. The molecule has 1 aliphatic carbocycles. The van der Waals surface area contributed by atoms with E-state index in [4.69, 9.17) is 10.6 Å². The molecule has 0 aromatic heterocycles. The molecule has 0 saturated heterocycles. The average molecular weight is 297 g/mol. The van der Waals surface area contributed by atoms with Crippen molar-refractivity contribution in [2.24, 2.45) is 11.8 Å². The highest BCUT2D eigenvalue weighted by molar-refractivity contribution is 9.10. The SMILES string of the molecule is NNC(Cc1cc(Br)cc2c1OCC2)C1CC1. The molecule has 1 saturated carbocycles. The van der Waals surface area contributed by atoms with E-state index in [1.54, 1.807) is 0 Å². The summed E-state index contributed by atoms with van der Waals surface area (Å²) < 4.78 is 6.88. The summed E-state index contributed by atoms with van der Waals surface area (Å²) in [6.45, 7) is 0.808. The third kappa shape index (κ3) is 2.34. The number of hydrogen-bond donors (Lipinski definition) is 2. The molecular formula is C13H17BrN2O. The number of rotatable bonds is 4. The Balaban J connectivity index is 1.86. The second kappa shape index (κ2) is 4.59. The minimum atomic E-state index is 0.387. The molecule has 17 heavy (non-hydrogen) atoms. The van der Waals surface area contributed by atoms with E-state index in [0.29, 0.717) is 6.04 Å². The summed E-state index contributed by atoms with van der Waals surface area (Å²) in [6.07, 6.45) is 4.58. The molecule has 92 valence electrons. The highest BCUT2D eigenvalue weighted by Crippen LogP contribution is 2.38. The minimum Gasteiger partial charge on any atom is -0.493 e. The fourth-order valence-electron chi connectivity index (χ4n) is 2.59. The third-order valence-electron chi connectivity index (χ3n) is 3.67. The topological polar surface area (TPSA) is 47.3 Å². The molecule has 0 radical (unpaired) electrons. The number of ether oxygens (including phenoxy) is 1. The van der Waals surface area contributed by atoms with E-state index in [2.05, 4.69) is 33.5 Å². The first-order valence-electron chi connectivity index (χ1n) is 6.18. The van der Waals surface area contributed by atoms with Crippen LogP contribution >= 0.6 is 15.9 Å². The van der Waals surface area contributed by atoms with Crippen molar-refractivity contribution in [1.82, 2.24) is 5.43 Å². The molecule has 0 bridgehead atoms. The van der Waals surface area contributed by atoms with Gasteiger partial charge in [0.05, 0.1) is 6.61 Å². The molecule has 0 amide bonds. The van der Waals surface area contributed by atoms with Gasteiger partial charge in [-0.15, -0.1) is 0 Å². The van der Waals surface area contributed by atoms with Gasteiger partial charge in [0.15, 0.2) is 0 Å². The summed E-state index contributed by atoms with van der Waals surface area (Å²) in [5.41, 5.74) is 5.55. The first kappa shape index (κ1) is 11.5. The highest BCUT2D eigenvalue weighted by Gasteiger charge is 2.31. The molecule has 1 unspecified atom stereocenters. The van der Waals surface area contributed by atoms with Crippen molar-refractivity contribution in [1.29, 1.82) is 0 Å². The fourth-order valence-corrected chi connectivity index (χ4v) is 3.15. The van der Waals surface area contributed by atoms with Gasteiger partial charge in [0.1, 0.15) is 5.75 Å². The number of nitrogens with two attached hydrogens (primary N) is 1. The monoisotopic (exact) mass is 296 g/mol. The van der Waals surface area contributed by atoms with Crippen LogP contribution in [0.2, 0.25) is 0 Å². The summed E-state index contributed by atoms with van der Waals surface area (Å²) in [7, 11) is 0. The fraction of sp³-hybridized carbons (Fsp3) is 0.538. The Hall–Kier alpha value is -0.580. The number of halogens is 1. The lowest BCUT2D eigenvalue weighted by atomic mass is 9.99. The van der Waals surface area contributed by atoms with Gasteiger partial charge in [0, 0.05) is 16.9 Å². The number of hydrogen-bond acceptors (Lipinski definition) is 3. The van der Waals surface area contributed by atoms with Crippen LogP contribution in [0.1, 0.15) is 24.0 Å². The van der Waals surface area contributed by atoms with Crippen molar-refractivity contribution in [3.8, 4) is 5.75 Å². The summed E-state index contributed by atoms with van der Waals surface area (Å²) in [5.74, 6) is 7.48. The molecule has 2 aliphatic rings. The van der Waals surface area contributed by atoms with Crippen LogP contribution in [0.5, 0.6) is 5.75 Å². The van der Waals surface area contributed by atoms with E-state index in [1.807, 2.05) is 0 Å². The predicted octanol–water partition coefficient (Wildman–Crippen LogP) is 2.17. The van der Waals surface area contributed by atoms with Gasteiger partial charge in [-0.05, 0) is 48.4 Å². The van der Waals surface area contributed by atoms with Crippen LogP contribution in [0.15, 0.2) is 16.6 Å². The Kier molecular flexibility index (Phi) is 3.11. The zero-order chi connectivity index (χ0) is 11.8. The van der Waals surface area contributed by atoms with E-state index in [9.17, 15) is 0 Å². The molecule has 1 aromatic rings. The summed E-state index contributed by atoms with van der Waals surface area (Å²) in [4.78, 5) is 0. The number of hydrazine groups is 1. The molecule has 1 aromatic carbocycles. The van der Waals surface area contributed by atoms with Gasteiger partial charge in [0.2, 0.25) is 0 Å². The summed E-state index contributed by atoms with van der Waals surface area (Å²) in [5, 5.41) is 0. The molecule has 4 heteroatoms. The number of fused-ring (bicyclic) bond motifs is 1. The van der Waals surface area contributed by atoms with E-state index in [0.717, 1.165) is 35.6 Å². The Labute approximate surface area is 110 Å². The molecular weight excluding hydrogens is 280 g/mol. The highest BCUT2D eigenvalue weighted by atomic mass is 79.9. The van der Waals surface area contributed by atoms with E-state index >= 15 is 0 Å². The maximum absolute atomic E-state index is 5.74. The second-order valence-electron chi connectivity index (χ2n) is 4.97. The maximum atomic E-state index is 5.74. The van der Waals surface area contributed by atoms with Gasteiger partial charge in [-0.1, -0.05) is 15.9 Å². The number of benzene rings is 1. The lowest BCUT2D eigenvalue weighted by molar-refractivity contribution is 0.350. The Morgan fingerprint density at radius 1 is 1.47 bits per heavy atom. The normalized spacial score (nSPS) is 19.9. The van der Waals surface area contributed by atoms with E-state index in [1.165, 1.54) is 24.0 Å². The van der Waals surface area contributed by atoms with Gasteiger partial charge in [-0.3, -0.25) is 11.3 Å². The summed E-state index contributed by atoms with van der Waals surface area (Å²) in [6, 6.07) is 4.71. The van der Waals surface area contributed by atoms with Gasteiger partial charge in [0.25, 0.3) is 0 Å². The van der Waals surface area contributed by atoms with Crippen molar-refractivity contribution < 1.29 is 4.74 Å². The third-order valence-corrected chi connectivity index (χ3v) is 4.13. The quantitative estimate of drug-likeness (QED) is 0.661. The first-order chi connectivity index (χ1) is 8.28. The molecule has 1 fully saturated rings. The molecule has 1 heterocycles. The molecule has 3 rings (SSSR count). The Morgan fingerprint density at radius 3 is 3.00 bits per heavy atom.